The molecule has 0 amide bonds. The van der Waals surface area contributed by atoms with Gasteiger partial charge in [-0.05, 0) is 43.2 Å². The van der Waals surface area contributed by atoms with Gasteiger partial charge in [0, 0.05) is 44.4 Å². The summed E-state index contributed by atoms with van der Waals surface area (Å²) in [6.45, 7) is 5.46. The zero-order chi connectivity index (χ0) is 20.1. The van der Waals surface area contributed by atoms with Crippen LogP contribution >= 0.6 is 0 Å². The Kier molecular flexibility index (Phi) is 6.26. The SMILES string of the molecule is COc1ccc(CN2CCCN(c3ccc(C(C)=O)cc3[N+](=O)[O-])CC2)cc1. The summed E-state index contributed by atoms with van der Waals surface area (Å²) in [5.74, 6) is 0.670. The standard InChI is InChI=1S/C21H25N3O4/c1-16(25)18-6-9-20(21(14-18)24(26)27)23-11-3-10-22(12-13-23)15-17-4-7-19(28-2)8-5-17/h4-9,14H,3,10-13,15H2,1-2H3. The molecule has 0 radical (unpaired) electrons. The van der Waals surface area contributed by atoms with Crippen molar-refractivity contribution in [3.8, 4) is 5.75 Å². The molecule has 2 aromatic carbocycles. The van der Waals surface area contributed by atoms with Crippen LogP contribution < -0.4 is 9.64 Å². The van der Waals surface area contributed by atoms with E-state index in [9.17, 15) is 14.9 Å². The van der Waals surface area contributed by atoms with Gasteiger partial charge < -0.3 is 9.64 Å². The molecule has 3 rings (SSSR count). The minimum Gasteiger partial charge on any atom is -0.497 e. The van der Waals surface area contributed by atoms with Crippen molar-refractivity contribution in [1.29, 1.82) is 0 Å². The molecule has 2 aromatic rings. The third-order valence-corrected chi connectivity index (χ3v) is 5.07. The first-order chi connectivity index (χ1) is 13.5. The van der Waals surface area contributed by atoms with Gasteiger partial charge in [0.1, 0.15) is 11.4 Å². The molecule has 28 heavy (non-hydrogen) atoms. The van der Waals surface area contributed by atoms with Crippen molar-refractivity contribution in [3.63, 3.8) is 0 Å². The Bertz CT molecular complexity index is 851. The van der Waals surface area contributed by atoms with Crippen LogP contribution in [0.2, 0.25) is 0 Å². The first kappa shape index (κ1) is 19.8. The maximum Gasteiger partial charge on any atom is 0.293 e. The highest BCUT2D eigenvalue weighted by Crippen LogP contribution is 2.30. The van der Waals surface area contributed by atoms with Crippen LogP contribution in [-0.4, -0.2) is 48.9 Å². The molecule has 0 spiro atoms. The van der Waals surface area contributed by atoms with Gasteiger partial charge in [-0.15, -0.1) is 0 Å². The maximum atomic E-state index is 11.6. The summed E-state index contributed by atoms with van der Waals surface area (Å²) in [5.41, 5.74) is 2.16. The van der Waals surface area contributed by atoms with Gasteiger partial charge in [0.15, 0.2) is 5.78 Å². The lowest BCUT2D eigenvalue weighted by atomic mass is 10.1. The first-order valence-electron chi connectivity index (χ1n) is 9.37. The summed E-state index contributed by atoms with van der Waals surface area (Å²) in [6, 6.07) is 12.8. The van der Waals surface area contributed by atoms with Crippen LogP contribution in [-0.2, 0) is 6.54 Å². The lowest BCUT2D eigenvalue weighted by Crippen LogP contribution is -2.30. The number of benzene rings is 2. The van der Waals surface area contributed by atoms with Gasteiger partial charge in [-0.25, -0.2) is 0 Å². The van der Waals surface area contributed by atoms with E-state index in [2.05, 4.69) is 21.9 Å². The maximum absolute atomic E-state index is 11.6. The summed E-state index contributed by atoms with van der Waals surface area (Å²) in [5, 5.41) is 11.5. The predicted molar refractivity (Wildman–Crippen MR) is 108 cm³/mol. The Balaban J connectivity index is 1.71. The molecule has 0 atom stereocenters. The molecule has 1 fully saturated rings. The Morgan fingerprint density at radius 1 is 1.11 bits per heavy atom. The molecule has 0 bridgehead atoms. The number of ketones is 1. The Hall–Kier alpha value is -2.93. The fourth-order valence-electron chi connectivity index (χ4n) is 3.52. The van der Waals surface area contributed by atoms with E-state index in [4.69, 9.17) is 4.74 Å². The minimum absolute atomic E-state index is 0.00342. The van der Waals surface area contributed by atoms with E-state index in [0.29, 0.717) is 17.8 Å². The number of nitrogens with zero attached hydrogens (tertiary/aromatic N) is 3. The van der Waals surface area contributed by atoms with Gasteiger partial charge in [0.25, 0.3) is 5.69 Å². The highest BCUT2D eigenvalue weighted by molar-refractivity contribution is 5.95. The molecule has 1 heterocycles. The third kappa shape index (κ3) is 4.67. The molecule has 0 saturated carbocycles. The van der Waals surface area contributed by atoms with Crippen molar-refractivity contribution in [3.05, 3.63) is 63.7 Å². The molecule has 0 N–H and O–H groups in total. The van der Waals surface area contributed by atoms with Crippen molar-refractivity contribution in [1.82, 2.24) is 4.90 Å². The van der Waals surface area contributed by atoms with Crippen LogP contribution in [0.4, 0.5) is 11.4 Å². The molecule has 1 saturated heterocycles. The fourth-order valence-corrected chi connectivity index (χ4v) is 3.52. The van der Waals surface area contributed by atoms with E-state index in [1.54, 1.807) is 19.2 Å². The molecule has 7 nitrogen and oxygen atoms in total. The Labute approximate surface area is 164 Å². The number of Topliss-reactive ketones (excluding diaryl/α,β-unsaturated/α-hetero) is 1. The van der Waals surface area contributed by atoms with E-state index in [0.717, 1.165) is 38.3 Å². The third-order valence-electron chi connectivity index (χ3n) is 5.07. The lowest BCUT2D eigenvalue weighted by Gasteiger charge is -2.23. The molecule has 148 valence electrons. The second-order valence-electron chi connectivity index (χ2n) is 6.98. The largest absolute Gasteiger partial charge is 0.497 e. The van der Waals surface area contributed by atoms with Crippen molar-refractivity contribution in [2.75, 3.05) is 38.2 Å². The average molecular weight is 383 g/mol. The monoisotopic (exact) mass is 383 g/mol. The van der Waals surface area contributed by atoms with E-state index in [-0.39, 0.29) is 11.5 Å². The van der Waals surface area contributed by atoms with Crippen molar-refractivity contribution in [2.45, 2.75) is 19.9 Å². The van der Waals surface area contributed by atoms with Gasteiger partial charge in [-0.1, -0.05) is 12.1 Å². The summed E-state index contributed by atoms with van der Waals surface area (Å²) < 4.78 is 5.20. The van der Waals surface area contributed by atoms with Crippen LogP contribution in [0.25, 0.3) is 0 Å². The quantitative estimate of drug-likeness (QED) is 0.432. The number of nitro groups is 1. The number of hydrogen-bond donors (Lipinski definition) is 0. The highest BCUT2D eigenvalue weighted by Gasteiger charge is 2.23. The number of anilines is 1. The van der Waals surface area contributed by atoms with Gasteiger partial charge in [0.2, 0.25) is 0 Å². The topological polar surface area (TPSA) is 75.9 Å². The van der Waals surface area contributed by atoms with E-state index >= 15 is 0 Å². The Morgan fingerprint density at radius 3 is 2.50 bits per heavy atom. The summed E-state index contributed by atoms with van der Waals surface area (Å²) >= 11 is 0. The van der Waals surface area contributed by atoms with Crippen LogP contribution in [0.5, 0.6) is 5.75 Å². The molecule has 7 heteroatoms. The second kappa shape index (κ2) is 8.84. The second-order valence-corrected chi connectivity index (χ2v) is 6.98. The number of nitro benzene ring substituents is 1. The van der Waals surface area contributed by atoms with Crippen molar-refractivity contribution < 1.29 is 14.5 Å². The highest BCUT2D eigenvalue weighted by atomic mass is 16.6. The normalized spacial score (nSPS) is 15.1. The summed E-state index contributed by atoms with van der Waals surface area (Å²) in [4.78, 5) is 27.1. The number of ether oxygens (including phenoxy) is 1. The number of carbonyl (C=O) groups excluding carboxylic acids is 1. The molecule has 0 unspecified atom stereocenters. The van der Waals surface area contributed by atoms with Crippen LogP contribution in [0.15, 0.2) is 42.5 Å². The molecule has 1 aliphatic rings. The molecule has 0 aliphatic carbocycles. The average Bonchev–Trinajstić information content (AvgIpc) is 2.93. The van der Waals surface area contributed by atoms with Crippen LogP contribution in [0.1, 0.15) is 29.3 Å². The number of rotatable bonds is 6. The summed E-state index contributed by atoms with van der Waals surface area (Å²) in [6.07, 6.45) is 0.918. The molecule has 0 aromatic heterocycles. The molecular weight excluding hydrogens is 358 g/mol. The predicted octanol–water partition coefficient (Wildman–Crippen LogP) is 3.52. The number of carbonyl (C=O) groups is 1. The molecular formula is C21H25N3O4. The zero-order valence-electron chi connectivity index (χ0n) is 16.3. The first-order valence-corrected chi connectivity index (χ1v) is 9.37. The van der Waals surface area contributed by atoms with Crippen molar-refractivity contribution in [2.24, 2.45) is 0 Å². The fraction of sp³-hybridized carbons (Fsp3) is 0.381. The van der Waals surface area contributed by atoms with Crippen LogP contribution in [0.3, 0.4) is 0 Å². The van der Waals surface area contributed by atoms with E-state index in [1.807, 2.05) is 12.1 Å². The Morgan fingerprint density at radius 2 is 1.86 bits per heavy atom. The number of hydrogen-bond acceptors (Lipinski definition) is 6. The smallest absolute Gasteiger partial charge is 0.293 e. The number of methoxy groups -OCH3 is 1. The van der Waals surface area contributed by atoms with Gasteiger partial charge >= 0.3 is 0 Å². The van der Waals surface area contributed by atoms with Gasteiger partial charge in [-0.2, -0.15) is 0 Å². The van der Waals surface area contributed by atoms with E-state index in [1.165, 1.54) is 18.6 Å². The minimum atomic E-state index is -0.401. The zero-order valence-corrected chi connectivity index (χ0v) is 16.3. The van der Waals surface area contributed by atoms with Crippen LogP contribution in [0, 0.1) is 10.1 Å². The van der Waals surface area contributed by atoms with Crippen molar-refractivity contribution >= 4 is 17.2 Å². The summed E-state index contributed by atoms with van der Waals surface area (Å²) in [7, 11) is 1.65. The molecule has 1 aliphatic heterocycles. The van der Waals surface area contributed by atoms with Gasteiger partial charge in [-0.3, -0.25) is 19.8 Å². The van der Waals surface area contributed by atoms with E-state index < -0.39 is 4.92 Å². The van der Waals surface area contributed by atoms with Gasteiger partial charge in [0.05, 0.1) is 12.0 Å². The lowest BCUT2D eigenvalue weighted by molar-refractivity contribution is -0.384.